The molecule has 0 aliphatic rings. The number of phenolic OH excluding ortho intramolecular Hbond substituents is 1. The van der Waals surface area contributed by atoms with Gasteiger partial charge in [-0.3, -0.25) is 4.79 Å². The Labute approximate surface area is 72.0 Å². The number of benzene rings is 1. The smallest absolute Gasteiger partial charge is 0.216 e. The maximum atomic E-state index is 9.70. The summed E-state index contributed by atoms with van der Waals surface area (Å²) >= 11 is 0. The molecule has 3 heteroatoms. The van der Waals surface area contributed by atoms with Gasteiger partial charge in [-0.25, -0.2) is 0 Å². The van der Waals surface area contributed by atoms with E-state index in [4.69, 9.17) is 5.11 Å². The predicted octanol–water partition coefficient (Wildman–Crippen LogP) is 1.14. The molecule has 1 rings (SSSR count). The molecular formula is C9H13NO2. The molecule has 0 radical (unpaired) electrons. The molecule has 1 aromatic rings. The van der Waals surface area contributed by atoms with E-state index in [0.717, 1.165) is 0 Å². The molecule has 12 heavy (non-hydrogen) atoms. The molecular weight excluding hydrogens is 154 g/mol. The van der Waals surface area contributed by atoms with Gasteiger partial charge in [0, 0.05) is 14.0 Å². The van der Waals surface area contributed by atoms with Crippen molar-refractivity contribution in [3.05, 3.63) is 30.3 Å². The quantitative estimate of drug-likeness (QED) is 0.608. The van der Waals surface area contributed by atoms with Crippen molar-refractivity contribution in [2.24, 2.45) is 0 Å². The van der Waals surface area contributed by atoms with Gasteiger partial charge in [0.2, 0.25) is 5.91 Å². The van der Waals surface area contributed by atoms with Crippen molar-refractivity contribution < 1.29 is 9.90 Å². The third-order valence-corrected chi connectivity index (χ3v) is 1.11. The monoisotopic (exact) mass is 167 g/mol. The molecule has 0 aromatic heterocycles. The van der Waals surface area contributed by atoms with Crippen molar-refractivity contribution in [3.8, 4) is 5.75 Å². The van der Waals surface area contributed by atoms with E-state index in [1.54, 1.807) is 31.3 Å². The predicted molar refractivity (Wildman–Crippen MR) is 47.8 cm³/mol. The molecule has 1 aromatic carbocycles. The first-order valence-electron chi connectivity index (χ1n) is 3.59. The van der Waals surface area contributed by atoms with Gasteiger partial charge in [-0.05, 0) is 12.1 Å². The van der Waals surface area contributed by atoms with Crippen LogP contribution < -0.4 is 5.32 Å². The van der Waals surface area contributed by atoms with Crippen molar-refractivity contribution in [2.75, 3.05) is 7.05 Å². The summed E-state index contributed by atoms with van der Waals surface area (Å²) in [6, 6.07) is 8.71. The van der Waals surface area contributed by atoms with Gasteiger partial charge in [-0.15, -0.1) is 0 Å². The second-order valence-electron chi connectivity index (χ2n) is 2.14. The van der Waals surface area contributed by atoms with E-state index in [0.29, 0.717) is 5.75 Å². The Morgan fingerprint density at radius 3 is 1.92 bits per heavy atom. The number of rotatable bonds is 0. The van der Waals surface area contributed by atoms with Crippen molar-refractivity contribution >= 4 is 5.91 Å². The van der Waals surface area contributed by atoms with Gasteiger partial charge in [0.25, 0.3) is 0 Å². The highest BCUT2D eigenvalue weighted by Crippen LogP contribution is 2.02. The number of amides is 1. The van der Waals surface area contributed by atoms with E-state index in [-0.39, 0.29) is 5.91 Å². The van der Waals surface area contributed by atoms with Gasteiger partial charge in [-0.2, -0.15) is 0 Å². The minimum Gasteiger partial charge on any atom is -0.508 e. The number of hydrogen-bond acceptors (Lipinski definition) is 2. The Balaban J connectivity index is 0.000000217. The van der Waals surface area contributed by atoms with Gasteiger partial charge in [-0.1, -0.05) is 18.2 Å². The summed E-state index contributed by atoms with van der Waals surface area (Å²) < 4.78 is 0. The lowest BCUT2D eigenvalue weighted by atomic mass is 10.3. The zero-order chi connectivity index (χ0) is 9.40. The van der Waals surface area contributed by atoms with Gasteiger partial charge < -0.3 is 10.4 Å². The van der Waals surface area contributed by atoms with Crippen LogP contribution in [0.5, 0.6) is 5.75 Å². The average Bonchev–Trinajstić information content (AvgIpc) is 2.07. The third kappa shape index (κ3) is 6.61. The molecule has 0 fully saturated rings. The average molecular weight is 167 g/mol. The minimum atomic E-state index is 0.00463. The van der Waals surface area contributed by atoms with Crippen LogP contribution in [0.3, 0.4) is 0 Å². The molecule has 2 N–H and O–H groups in total. The molecule has 0 aliphatic carbocycles. The molecule has 0 spiro atoms. The lowest BCUT2D eigenvalue weighted by Crippen LogP contribution is -2.11. The van der Waals surface area contributed by atoms with Gasteiger partial charge in [0.15, 0.2) is 0 Å². The summed E-state index contributed by atoms with van der Waals surface area (Å²) in [6.45, 7) is 1.47. The summed E-state index contributed by atoms with van der Waals surface area (Å²) in [6.07, 6.45) is 0. The van der Waals surface area contributed by atoms with Gasteiger partial charge in [0.1, 0.15) is 5.75 Å². The zero-order valence-electron chi connectivity index (χ0n) is 7.24. The standard InChI is InChI=1S/C6H6O.C3H7NO/c7-6-4-2-1-3-5-6;1-3(5)4-2/h1-5,7H;1-2H3,(H,4,5). The van der Waals surface area contributed by atoms with Crippen LogP contribution in [0.25, 0.3) is 0 Å². The van der Waals surface area contributed by atoms with E-state index in [9.17, 15) is 4.79 Å². The molecule has 66 valence electrons. The molecule has 0 unspecified atom stereocenters. The molecule has 0 heterocycles. The fraction of sp³-hybridized carbons (Fsp3) is 0.222. The molecule has 0 bridgehead atoms. The molecule has 0 atom stereocenters. The topological polar surface area (TPSA) is 49.3 Å². The first-order valence-corrected chi connectivity index (χ1v) is 3.59. The Hall–Kier alpha value is -1.51. The van der Waals surface area contributed by atoms with Crippen molar-refractivity contribution in [1.82, 2.24) is 5.32 Å². The first-order chi connectivity index (χ1) is 5.66. The minimum absolute atomic E-state index is 0.00463. The normalized spacial score (nSPS) is 7.83. The highest BCUT2D eigenvalue weighted by molar-refractivity contribution is 5.72. The van der Waals surface area contributed by atoms with E-state index in [1.807, 2.05) is 6.07 Å². The number of nitrogens with one attached hydrogen (secondary N) is 1. The van der Waals surface area contributed by atoms with Crippen LogP contribution in [-0.4, -0.2) is 18.1 Å². The molecule has 0 aliphatic heterocycles. The number of phenols is 1. The Morgan fingerprint density at radius 1 is 1.33 bits per heavy atom. The lowest BCUT2D eigenvalue weighted by molar-refractivity contribution is -0.118. The first kappa shape index (κ1) is 10.5. The maximum absolute atomic E-state index is 9.70. The summed E-state index contributed by atoms with van der Waals surface area (Å²) in [5, 5.41) is 11.0. The Kier molecular flexibility index (Phi) is 5.43. The third-order valence-electron chi connectivity index (χ3n) is 1.11. The van der Waals surface area contributed by atoms with Crippen molar-refractivity contribution in [3.63, 3.8) is 0 Å². The summed E-state index contributed by atoms with van der Waals surface area (Å²) in [4.78, 5) is 9.70. The van der Waals surface area contributed by atoms with Crippen LogP contribution >= 0.6 is 0 Å². The van der Waals surface area contributed by atoms with E-state index < -0.39 is 0 Å². The highest BCUT2D eigenvalue weighted by atomic mass is 16.3. The van der Waals surface area contributed by atoms with Crippen molar-refractivity contribution in [2.45, 2.75) is 6.92 Å². The molecule has 0 saturated carbocycles. The number of aromatic hydroxyl groups is 1. The molecule has 3 nitrogen and oxygen atoms in total. The number of carbonyl (C=O) groups is 1. The van der Waals surface area contributed by atoms with Crippen LogP contribution in [0.4, 0.5) is 0 Å². The Bertz CT molecular complexity index is 221. The van der Waals surface area contributed by atoms with E-state index in [2.05, 4.69) is 5.32 Å². The Morgan fingerprint density at radius 2 is 1.75 bits per heavy atom. The van der Waals surface area contributed by atoms with Crippen LogP contribution in [0.15, 0.2) is 30.3 Å². The van der Waals surface area contributed by atoms with E-state index >= 15 is 0 Å². The largest absolute Gasteiger partial charge is 0.508 e. The highest BCUT2D eigenvalue weighted by Gasteiger charge is 1.74. The summed E-state index contributed by atoms with van der Waals surface area (Å²) in [5.41, 5.74) is 0. The number of hydrogen-bond donors (Lipinski definition) is 2. The zero-order valence-corrected chi connectivity index (χ0v) is 7.24. The number of para-hydroxylation sites is 1. The second-order valence-corrected chi connectivity index (χ2v) is 2.14. The summed E-state index contributed by atoms with van der Waals surface area (Å²) in [5.74, 6) is 0.326. The molecule has 0 saturated heterocycles. The van der Waals surface area contributed by atoms with Gasteiger partial charge >= 0.3 is 0 Å². The SMILES string of the molecule is CNC(C)=O.Oc1ccccc1. The fourth-order valence-corrected chi connectivity index (χ4v) is 0.428. The number of carbonyl (C=O) groups excluding carboxylic acids is 1. The van der Waals surface area contributed by atoms with Crippen LogP contribution in [-0.2, 0) is 4.79 Å². The van der Waals surface area contributed by atoms with Crippen LogP contribution in [0.2, 0.25) is 0 Å². The fourth-order valence-electron chi connectivity index (χ4n) is 0.428. The molecule has 1 amide bonds. The lowest BCUT2D eigenvalue weighted by Gasteiger charge is -1.82. The van der Waals surface area contributed by atoms with Crippen molar-refractivity contribution in [1.29, 1.82) is 0 Å². The maximum Gasteiger partial charge on any atom is 0.216 e. The van der Waals surface area contributed by atoms with Gasteiger partial charge in [0.05, 0.1) is 0 Å². The second kappa shape index (κ2) is 6.22. The summed E-state index contributed by atoms with van der Waals surface area (Å²) in [7, 11) is 1.60. The van der Waals surface area contributed by atoms with E-state index in [1.165, 1.54) is 6.92 Å². The van der Waals surface area contributed by atoms with Crippen LogP contribution in [0, 0.1) is 0 Å². The van der Waals surface area contributed by atoms with Crippen LogP contribution in [0.1, 0.15) is 6.92 Å².